The number of H-pyrrole nitrogens is 1. The molecule has 0 aliphatic rings. The van der Waals surface area contributed by atoms with Crippen LogP contribution in [0.4, 0.5) is 0 Å². The van der Waals surface area contributed by atoms with Crippen LogP contribution >= 0.6 is 0 Å². The number of hydrogen-bond donors (Lipinski definition) is 1. The van der Waals surface area contributed by atoms with Crippen molar-refractivity contribution >= 4 is 21.0 Å². The van der Waals surface area contributed by atoms with Crippen LogP contribution in [0, 0.1) is 6.92 Å². The maximum absolute atomic E-state index is 4.25. The molecule has 0 aliphatic heterocycles. The predicted octanol–water partition coefficient (Wildman–Crippen LogP) is 1.72. The SMILES string of the molecule is Cc1cnc([Si]C=Cc2ccccc2)[nH]1. The highest BCUT2D eigenvalue weighted by Crippen LogP contribution is 1.99. The van der Waals surface area contributed by atoms with Crippen LogP contribution in [0.1, 0.15) is 11.3 Å². The van der Waals surface area contributed by atoms with E-state index in [1.807, 2.05) is 31.3 Å². The predicted molar refractivity (Wildman–Crippen MR) is 64.2 cm³/mol. The largest absolute Gasteiger partial charge is 0.350 e. The highest BCUT2D eigenvalue weighted by Gasteiger charge is 1.94. The maximum atomic E-state index is 4.25. The molecule has 2 nitrogen and oxygen atoms in total. The van der Waals surface area contributed by atoms with Gasteiger partial charge in [0.15, 0.2) is 9.52 Å². The molecule has 0 amide bonds. The molecule has 74 valence electrons. The fourth-order valence-corrected chi connectivity index (χ4v) is 2.11. The molecule has 0 aliphatic carbocycles. The molecule has 2 radical (unpaired) electrons. The number of aryl methyl sites for hydroxylation is 1. The molecule has 2 rings (SSSR count). The second-order valence-electron chi connectivity index (χ2n) is 3.30. The van der Waals surface area contributed by atoms with Crippen LogP contribution in [0.25, 0.3) is 6.08 Å². The lowest BCUT2D eigenvalue weighted by molar-refractivity contribution is 1.29. The first kappa shape index (κ1) is 9.92. The number of nitrogens with zero attached hydrogens (tertiary/aromatic N) is 1. The smallest absolute Gasteiger partial charge is 0.162 e. The summed E-state index contributed by atoms with van der Waals surface area (Å²) in [5.41, 5.74) is 5.53. The van der Waals surface area contributed by atoms with Crippen LogP contribution in [-0.4, -0.2) is 19.5 Å². The summed E-state index contributed by atoms with van der Waals surface area (Å²) in [6.45, 7) is 2.02. The van der Waals surface area contributed by atoms with Gasteiger partial charge >= 0.3 is 0 Å². The van der Waals surface area contributed by atoms with Crippen LogP contribution in [0.2, 0.25) is 0 Å². The second kappa shape index (κ2) is 4.75. The van der Waals surface area contributed by atoms with E-state index in [1.165, 1.54) is 5.56 Å². The van der Waals surface area contributed by atoms with Crippen molar-refractivity contribution < 1.29 is 0 Å². The molecular weight excluding hydrogens is 200 g/mol. The third kappa shape index (κ3) is 2.92. The summed E-state index contributed by atoms with van der Waals surface area (Å²) in [5.74, 6) is 0. The molecule has 2 aromatic rings. The average molecular weight is 212 g/mol. The van der Waals surface area contributed by atoms with Crippen LogP contribution in [0.5, 0.6) is 0 Å². The molecule has 1 aromatic heterocycles. The quantitative estimate of drug-likeness (QED) is 0.771. The van der Waals surface area contributed by atoms with Crippen molar-refractivity contribution in [3.05, 3.63) is 53.5 Å². The second-order valence-corrected chi connectivity index (χ2v) is 4.40. The Kier molecular flexibility index (Phi) is 3.14. The zero-order valence-electron chi connectivity index (χ0n) is 8.57. The van der Waals surface area contributed by atoms with Crippen LogP contribution in [0.3, 0.4) is 0 Å². The monoisotopic (exact) mass is 212 g/mol. The third-order valence-corrected chi connectivity index (χ3v) is 2.86. The summed E-state index contributed by atoms with van der Waals surface area (Å²) in [6, 6.07) is 10.3. The molecule has 1 N–H and O–H groups in total. The van der Waals surface area contributed by atoms with E-state index in [1.54, 1.807) is 0 Å². The average Bonchev–Trinajstić information content (AvgIpc) is 2.66. The van der Waals surface area contributed by atoms with Gasteiger partial charge in [-0.2, -0.15) is 0 Å². The Morgan fingerprint density at radius 2 is 2.07 bits per heavy atom. The van der Waals surface area contributed by atoms with Crippen molar-refractivity contribution in [2.45, 2.75) is 6.92 Å². The van der Waals surface area contributed by atoms with E-state index >= 15 is 0 Å². The molecule has 0 atom stereocenters. The molecule has 0 saturated heterocycles. The normalized spacial score (nSPS) is 11.0. The zero-order valence-corrected chi connectivity index (χ0v) is 9.57. The molecule has 0 spiro atoms. The summed E-state index contributed by atoms with van der Waals surface area (Å²) >= 11 is 0. The number of nitrogens with one attached hydrogen (secondary N) is 1. The zero-order chi connectivity index (χ0) is 10.5. The fourth-order valence-electron chi connectivity index (χ4n) is 1.27. The van der Waals surface area contributed by atoms with Gasteiger partial charge in [-0.15, -0.1) is 0 Å². The van der Waals surface area contributed by atoms with Crippen molar-refractivity contribution in [1.82, 2.24) is 9.97 Å². The van der Waals surface area contributed by atoms with Gasteiger partial charge in [0.1, 0.15) is 0 Å². The first-order valence-corrected chi connectivity index (χ1v) is 5.92. The Morgan fingerprint density at radius 3 is 2.73 bits per heavy atom. The molecular formula is C12H12N2Si. The van der Waals surface area contributed by atoms with E-state index in [9.17, 15) is 0 Å². The first-order valence-electron chi connectivity index (χ1n) is 4.84. The summed E-state index contributed by atoms with van der Waals surface area (Å²) < 4.78 is 0. The summed E-state index contributed by atoms with van der Waals surface area (Å²) in [7, 11) is 0.604. The molecule has 0 bridgehead atoms. The minimum Gasteiger partial charge on any atom is -0.350 e. The maximum Gasteiger partial charge on any atom is 0.162 e. The Morgan fingerprint density at radius 1 is 1.27 bits per heavy atom. The van der Waals surface area contributed by atoms with Crippen LogP contribution in [0.15, 0.2) is 42.2 Å². The minimum absolute atomic E-state index is 0.604. The molecule has 0 saturated carbocycles. The van der Waals surface area contributed by atoms with Crippen molar-refractivity contribution in [1.29, 1.82) is 0 Å². The molecule has 1 aromatic carbocycles. The van der Waals surface area contributed by atoms with E-state index in [2.05, 4.69) is 33.9 Å². The van der Waals surface area contributed by atoms with Crippen LogP contribution < -0.4 is 5.45 Å². The number of aromatic nitrogens is 2. The minimum atomic E-state index is 0.604. The highest BCUT2D eigenvalue weighted by atomic mass is 28.2. The summed E-state index contributed by atoms with van der Waals surface area (Å²) in [5, 5.41) is 0. The van der Waals surface area contributed by atoms with Gasteiger partial charge in [-0.25, -0.2) is 4.98 Å². The standard InChI is InChI=1S/C12H12N2Si/c1-10-9-13-12(14-10)15-8-7-11-5-3-2-4-6-11/h2-9H,1H3,(H,13,14). The van der Waals surface area contributed by atoms with E-state index in [4.69, 9.17) is 0 Å². The molecule has 15 heavy (non-hydrogen) atoms. The van der Waals surface area contributed by atoms with E-state index < -0.39 is 0 Å². The van der Waals surface area contributed by atoms with Gasteiger partial charge in [-0.3, -0.25) is 0 Å². The lowest BCUT2D eigenvalue weighted by Crippen LogP contribution is -2.16. The Labute approximate surface area is 91.9 Å². The fraction of sp³-hybridized carbons (Fsp3) is 0.0833. The van der Waals surface area contributed by atoms with E-state index in [0.717, 1.165) is 11.1 Å². The van der Waals surface area contributed by atoms with E-state index in [-0.39, 0.29) is 0 Å². The number of hydrogen-bond acceptors (Lipinski definition) is 1. The highest BCUT2D eigenvalue weighted by molar-refractivity contribution is 6.57. The molecule has 3 heteroatoms. The number of aromatic amines is 1. The van der Waals surface area contributed by atoms with Gasteiger partial charge in [-0.05, 0) is 12.5 Å². The van der Waals surface area contributed by atoms with Gasteiger partial charge in [0, 0.05) is 11.9 Å². The molecule has 0 fully saturated rings. The van der Waals surface area contributed by atoms with Gasteiger partial charge in [0.25, 0.3) is 0 Å². The third-order valence-electron chi connectivity index (χ3n) is 2.00. The Hall–Kier alpha value is -1.61. The van der Waals surface area contributed by atoms with Gasteiger partial charge in [0.2, 0.25) is 0 Å². The van der Waals surface area contributed by atoms with E-state index in [0.29, 0.717) is 9.52 Å². The first-order chi connectivity index (χ1) is 7.34. The summed E-state index contributed by atoms with van der Waals surface area (Å²) in [6.07, 6.45) is 3.98. The lowest BCUT2D eigenvalue weighted by atomic mass is 10.2. The number of rotatable bonds is 3. The Balaban J connectivity index is 1.96. The summed E-state index contributed by atoms with van der Waals surface area (Å²) in [4.78, 5) is 7.46. The molecule has 1 heterocycles. The Bertz CT molecular complexity index is 446. The van der Waals surface area contributed by atoms with Gasteiger partial charge in [-0.1, -0.05) is 42.1 Å². The van der Waals surface area contributed by atoms with Gasteiger partial charge in [0.05, 0.1) is 5.45 Å². The van der Waals surface area contributed by atoms with Crippen molar-refractivity contribution in [2.24, 2.45) is 0 Å². The lowest BCUT2D eigenvalue weighted by Gasteiger charge is -1.90. The number of imidazole rings is 1. The molecule has 0 unspecified atom stereocenters. The van der Waals surface area contributed by atoms with Crippen molar-refractivity contribution in [2.75, 3.05) is 0 Å². The topological polar surface area (TPSA) is 28.7 Å². The van der Waals surface area contributed by atoms with Crippen molar-refractivity contribution in [3.63, 3.8) is 0 Å². The number of benzene rings is 1. The van der Waals surface area contributed by atoms with Crippen LogP contribution in [-0.2, 0) is 0 Å². The van der Waals surface area contributed by atoms with Gasteiger partial charge < -0.3 is 4.98 Å². The van der Waals surface area contributed by atoms with Crippen molar-refractivity contribution in [3.8, 4) is 0 Å².